The zero-order valence-electron chi connectivity index (χ0n) is 20.5. The van der Waals surface area contributed by atoms with Crippen LogP contribution < -0.4 is 10.3 Å². The number of H-pyrrole nitrogens is 1. The third kappa shape index (κ3) is 5.93. The van der Waals surface area contributed by atoms with E-state index in [4.69, 9.17) is 9.47 Å². The van der Waals surface area contributed by atoms with E-state index in [2.05, 4.69) is 44.5 Å². The first-order valence-corrected chi connectivity index (χ1v) is 11.9. The normalized spacial score (nSPS) is 12.3. The van der Waals surface area contributed by atoms with Crippen LogP contribution >= 0.6 is 0 Å². The summed E-state index contributed by atoms with van der Waals surface area (Å²) in [6.07, 6.45) is 1.64. The van der Waals surface area contributed by atoms with Gasteiger partial charge in [-0.25, -0.2) is 4.68 Å². The zero-order chi connectivity index (χ0) is 24.6. The molecule has 1 atom stereocenters. The maximum Gasteiger partial charge on any atom is 0.252 e. The monoisotopic (exact) mass is 476 g/mol. The second-order valence-corrected chi connectivity index (χ2v) is 8.46. The Labute approximate surface area is 204 Å². The van der Waals surface area contributed by atoms with Crippen molar-refractivity contribution < 1.29 is 9.47 Å². The van der Waals surface area contributed by atoms with Crippen LogP contribution in [0.5, 0.6) is 5.75 Å². The largest absolute Gasteiger partial charge is 0.497 e. The predicted octanol–water partition coefficient (Wildman–Crippen LogP) is 3.37. The molecule has 0 aliphatic carbocycles. The van der Waals surface area contributed by atoms with Crippen molar-refractivity contribution in [3.8, 4) is 5.75 Å². The Bertz CT molecular complexity index is 1290. The number of nitrogens with one attached hydrogen (secondary N) is 1. The zero-order valence-corrected chi connectivity index (χ0v) is 20.5. The molecule has 184 valence electrons. The average molecular weight is 477 g/mol. The summed E-state index contributed by atoms with van der Waals surface area (Å²) >= 11 is 0. The summed E-state index contributed by atoms with van der Waals surface area (Å²) in [4.78, 5) is 18.4. The molecule has 0 fully saturated rings. The summed E-state index contributed by atoms with van der Waals surface area (Å²) in [5, 5.41) is 13.4. The van der Waals surface area contributed by atoms with Gasteiger partial charge in [-0.05, 0) is 52.4 Å². The van der Waals surface area contributed by atoms with Crippen LogP contribution in [-0.4, -0.2) is 57.5 Å². The summed E-state index contributed by atoms with van der Waals surface area (Å²) in [5.41, 5.74) is 2.59. The van der Waals surface area contributed by atoms with Crippen LogP contribution in [0.4, 0.5) is 0 Å². The van der Waals surface area contributed by atoms with Crippen molar-refractivity contribution in [1.82, 2.24) is 30.1 Å². The van der Waals surface area contributed by atoms with E-state index in [-0.39, 0.29) is 11.6 Å². The van der Waals surface area contributed by atoms with Crippen molar-refractivity contribution >= 4 is 10.9 Å². The fourth-order valence-corrected chi connectivity index (χ4v) is 4.34. The number of hydrogen-bond acceptors (Lipinski definition) is 7. The number of hydrogen-bond donors (Lipinski definition) is 1. The number of aromatic nitrogens is 5. The second-order valence-electron chi connectivity index (χ2n) is 8.46. The number of rotatable bonds is 12. The maximum atomic E-state index is 13.1. The Morgan fingerprint density at radius 3 is 2.69 bits per heavy atom. The molecule has 0 amide bonds. The van der Waals surface area contributed by atoms with E-state index < -0.39 is 0 Å². The summed E-state index contributed by atoms with van der Waals surface area (Å²) in [5.74, 6) is 1.49. The first kappa shape index (κ1) is 24.6. The molecule has 4 rings (SSSR count). The molecule has 0 aliphatic heterocycles. The van der Waals surface area contributed by atoms with Gasteiger partial charge in [0, 0.05) is 31.8 Å². The van der Waals surface area contributed by atoms with Crippen molar-refractivity contribution in [2.45, 2.75) is 38.9 Å². The smallest absolute Gasteiger partial charge is 0.252 e. The van der Waals surface area contributed by atoms with Crippen molar-refractivity contribution in [3.05, 3.63) is 81.9 Å². The summed E-state index contributed by atoms with van der Waals surface area (Å²) in [7, 11) is 3.28. The molecule has 2 heterocycles. The SMILES string of the molecule is CC[C@H](c1nnnn1CCOC)N(CCc1ccccc1)Cc1cc2ccc(OC)cc2[nH]c1=O. The number of benzene rings is 2. The number of tetrazole rings is 1. The summed E-state index contributed by atoms with van der Waals surface area (Å²) in [6.45, 7) is 4.43. The van der Waals surface area contributed by atoms with Gasteiger partial charge in [0.2, 0.25) is 0 Å². The molecular formula is C26H32N6O3. The molecule has 9 nitrogen and oxygen atoms in total. The molecule has 1 N–H and O–H groups in total. The first-order chi connectivity index (χ1) is 17.1. The number of aromatic amines is 1. The van der Waals surface area contributed by atoms with E-state index in [0.717, 1.165) is 36.1 Å². The lowest BCUT2D eigenvalue weighted by Gasteiger charge is -2.30. The third-order valence-electron chi connectivity index (χ3n) is 6.23. The van der Waals surface area contributed by atoms with Crippen LogP contribution in [0.3, 0.4) is 0 Å². The van der Waals surface area contributed by atoms with Gasteiger partial charge in [0.1, 0.15) is 5.75 Å². The van der Waals surface area contributed by atoms with Gasteiger partial charge in [-0.3, -0.25) is 9.69 Å². The highest BCUT2D eigenvalue weighted by Gasteiger charge is 2.25. The Morgan fingerprint density at radius 1 is 1.11 bits per heavy atom. The van der Waals surface area contributed by atoms with Crippen LogP contribution in [0.15, 0.2) is 59.4 Å². The van der Waals surface area contributed by atoms with Gasteiger partial charge in [0.15, 0.2) is 5.82 Å². The number of nitrogens with zero attached hydrogens (tertiary/aromatic N) is 5. The molecule has 9 heteroatoms. The molecule has 0 saturated carbocycles. The van der Waals surface area contributed by atoms with Gasteiger partial charge < -0.3 is 14.5 Å². The molecule has 2 aromatic carbocycles. The standard InChI is InChI=1S/C26H32N6O3/c1-4-24(25-28-29-30-32(25)14-15-34-2)31(13-12-19-8-6-5-7-9-19)18-21-16-20-10-11-22(35-3)17-23(20)27-26(21)33/h5-11,16-17,24H,4,12-15,18H2,1-3H3,(H,27,33)/t24-/m1/s1. The minimum Gasteiger partial charge on any atom is -0.497 e. The molecule has 0 unspecified atom stereocenters. The van der Waals surface area contributed by atoms with E-state index in [1.54, 1.807) is 18.9 Å². The van der Waals surface area contributed by atoms with Gasteiger partial charge in [0.25, 0.3) is 5.56 Å². The molecule has 35 heavy (non-hydrogen) atoms. The fraction of sp³-hybridized carbons (Fsp3) is 0.385. The second kappa shape index (κ2) is 11.7. The Kier molecular flexibility index (Phi) is 8.23. The van der Waals surface area contributed by atoms with Crippen molar-refractivity contribution in [2.24, 2.45) is 0 Å². The molecule has 0 radical (unpaired) electrons. The topological polar surface area (TPSA) is 98.2 Å². The summed E-state index contributed by atoms with van der Waals surface area (Å²) in [6, 6.07) is 18.0. The lowest BCUT2D eigenvalue weighted by molar-refractivity contribution is 0.158. The van der Waals surface area contributed by atoms with Gasteiger partial charge in [0.05, 0.1) is 31.8 Å². The average Bonchev–Trinajstić information content (AvgIpc) is 3.35. The molecule has 0 bridgehead atoms. The number of ether oxygens (including phenoxy) is 2. The molecule has 0 aliphatic rings. The molecular weight excluding hydrogens is 444 g/mol. The Balaban J connectivity index is 1.66. The van der Waals surface area contributed by atoms with Crippen LogP contribution in [0.25, 0.3) is 10.9 Å². The van der Waals surface area contributed by atoms with Crippen LogP contribution in [0, 0.1) is 0 Å². The van der Waals surface area contributed by atoms with Crippen LogP contribution in [0.2, 0.25) is 0 Å². The van der Waals surface area contributed by atoms with E-state index in [1.807, 2.05) is 42.5 Å². The van der Waals surface area contributed by atoms with Crippen molar-refractivity contribution in [1.29, 1.82) is 0 Å². The highest BCUT2D eigenvalue weighted by Crippen LogP contribution is 2.25. The summed E-state index contributed by atoms with van der Waals surface area (Å²) < 4.78 is 12.3. The lowest BCUT2D eigenvalue weighted by Crippen LogP contribution is -2.34. The van der Waals surface area contributed by atoms with Crippen molar-refractivity contribution in [2.75, 3.05) is 27.4 Å². The number of pyridine rings is 1. The van der Waals surface area contributed by atoms with E-state index in [1.165, 1.54) is 5.56 Å². The van der Waals surface area contributed by atoms with E-state index in [0.29, 0.717) is 31.0 Å². The van der Waals surface area contributed by atoms with E-state index >= 15 is 0 Å². The molecule has 2 aromatic heterocycles. The van der Waals surface area contributed by atoms with Crippen molar-refractivity contribution in [3.63, 3.8) is 0 Å². The van der Waals surface area contributed by atoms with Gasteiger partial charge in [-0.1, -0.05) is 37.3 Å². The minimum absolute atomic E-state index is 0.0588. The molecule has 0 spiro atoms. The maximum absolute atomic E-state index is 13.1. The lowest BCUT2D eigenvalue weighted by atomic mass is 10.1. The van der Waals surface area contributed by atoms with Gasteiger partial charge >= 0.3 is 0 Å². The van der Waals surface area contributed by atoms with Crippen LogP contribution in [-0.2, 0) is 24.2 Å². The third-order valence-corrected chi connectivity index (χ3v) is 6.23. The Morgan fingerprint density at radius 2 is 1.94 bits per heavy atom. The number of methoxy groups -OCH3 is 2. The Hall–Kier alpha value is -3.56. The quantitative estimate of drug-likeness (QED) is 0.335. The molecule has 0 saturated heterocycles. The van der Waals surface area contributed by atoms with Crippen LogP contribution in [0.1, 0.15) is 36.3 Å². The van der Waals surface area contributed by atoms with Gasteiger partial charge in [-0.2, -0.15) is 0 Å². The number of fused-ring (bicyclic) bond motifs is 1. The first-order valence-electron chi connectivity index (χ1n) is 11.9. The van der Waals surface area contributed by atoms with E-state index in [9.17, 15) is 4.79 Å². The fourth-order valence-electron chi connectivity index (χ4n) is 4.34. The molecule has 4 aromatic rings. The predicted molar refractivity (Wildman–Crippen MR) is 134 cm³/mol. The highest BCUT2D eigenvalue weighted by molar-refractivity contribution is 5.80. The minimum atomic E-state index is -0.107. The highest BCUT2D eigenvalue weighted by atomic mass is 16.5. The van der Waals surface area contributed by atoms with Gasteiger partial charge in [-0.15, -0.1) is 5.10 Å².